The Bertz CT molecular complexity index is 524. The third-order valence-electron chi connectivity index (χ3n) is 3.19. The van der Waals surface area contributed by atoms with Crippen molar-refractivity contribution in [3.05, 3.63) is 35.9 Å². The highest BCUT2D eigenvalue weighted by Gasteiger charge is 2.09. The third kappa shape index (κ3) is 9.55. The van der Waals surface area contributed by atoms with Crippen molar-refractivity contribution in [1.29, 1.82) is 0 Å². The topological polar surface area (TPSA) is 104 Å². The summed E-state index contributed by atoms with van der Waals surface area (Å²) in [7, 11) is -3.28. The van der Waals surface area contributed by atoms with Gasteiger partial charge in [0.15, 0.2) is 6.21 Å². The molecule has 6 nitrogen and oxygen atoms in total. The second-order valence-corrected chi connectivity index (χ2v) is 6.03. The lowest BCUT2D eigenvalue weighted by molar-refractivity contribution is -2.00. The van der Waals surface area contributed by atoms with E-state index >= 15 is 0 Å². The molecule has 0 atom stereocenters. The van der Waals surface area contributed by atoms with Crippen molar-refractivity contribution in [2.45, 2.75) is 19.3 Å². The first-order valence-corrected chi connectivity index (χ1v) is 8.61. The minimum Gasteiger partial charge on any atom is -0.497 e. The lowest BCUT2D eigenvalue weighted by Crippen LogP contribution is -2.68. The monoisotopic (exact) mass is 363 g/mol. The summed E-state index contributed by atoms with van der Waals surface area (Å²) in [6.45, 7) is 2.28. The van der Waals surface area contributed by atoms with E-state index < -0.39 is 10.2 Å². The molecule has 0 amide bonds. The van der Waals surface area contributed by atoms with Gasteiger partial charge >= 0.3 is 0 Å². The summed E-state index contributed by atoms with van der Waals surface area (Å²) in [4.78, 5) is 0. The van der Waals surface area contributed by atoms with Crippen LogP contribution < -0.4 is 23.4 Å². The maximum Gasteiger partial charge on any atom is 0.164 e. The number of benzene rings is 1. The molecular formula is C15H19Cl2NO5. The Balaban J connectivity index is 0.000000463. The molecule has 1 aromatic carbocycles. The predicted molar refractivity (Wildman–Crippen MR) is 76.7 cm³/mol. The van der Waals surface area contributed by atoms with Crippen LogP contribution in [0.1, 0.15) is 24.8 Å². The highest BCUT2D eigenvalue weighted by molar-refractivity contribution is 6.49. The summed E-state index contributed by atoms with van der Waals surface area (Å²) < 4.78 is 41.4. The molecule has 0 aliphatic carbocycles. The van der Waals surface area contributed by atoms with E-state index in [1.807, 2.05) is 30.3 Å². The summed E-state index contributed by atoms with van der Waals surface area (Å²) in [6, 6.07) is 7.79. The van der Waals surface area contributed by atoms with Crippen molar-refractivity contribution in [2.75, 3.05) is 20.2 Å². The van der Waals surface area contributed by atoms with E-state index in [0.717, 1.165) is 29.4 Å². The van der Waals surface area contributed by atoms with Gasteiger partial charge in [0, 0.05) is 18.9 Å². The van der Waals surface area contributed by atoms with Crippen molar-refractivity contribution in [2.24, 2.45) is 0 Å². The molecule has 128 valence electrons. The summed E-state index contributed by atoms with van der Waals surface area (Å²) in [6.07, 6.45) is 8.00. The van der Waals surface area contributed by atoms with Crippen LogP contribution in [0.3, 0.4) is 0 Å². The van der Waals surface area contributed by atoms with Crippen molar-refractivity contribution in [3.63, 3.8) is 0 Å². The Morgan fingerprint density at radius 2 is 1.61 bits per heavy atom. The van der Waals surface area contributed by atoms with Gasteiger partial charge < -0.3 is 4.74 Å². The Kier molecular flexibility index (Phi) is 8.54. The first-order valence-electron chi connectivity index (χ1n) is 7.00. The fourth-order valence-corrected chi connectivity index (χ4v) is 2.27. The summed E-state index contributed by atoms with van der Waals surface area (Å²) in [5, 5.41) is 0.767. The summed E-state index contributed by atoms with van der Waals surface area (Å²) >= 11 is 6.28. The number of methoxy groups -OCH3 is 1. The molecule has 0 saturated carbocycles. The molecule has 1 aliphatic heterocycles. The molecular weight excluding hydrogens is 345 g/mol. The van der Waals surface area contributed by atoms with Gasteiger partial charge in [-0.15, -0.1) is 10.2 Å². The quantitative estimate of drug-likeness (QED) is 0.626. The van der Waals surface area contributed by atoms with E-state index in [0.29, 0.717) is 0 Å². The molecule has 0 N–H and O–H groups in total. The molecule has 1 aromatic rings. The van der Waals surface area contributed by atoms with Crippen LogP contribution in [0.15, 0.2) is 30.3 Å². The SMILES string of the molecule is COc1ccc(/C(Cl)=C/C=[N+]2CCCCC2)cc1.[O-][Cl+3]([O-])([O-])[O-]. The van der Waals surface area contributed by atoms with Crippen LogP contribution in [0, 0.1) is 10.2 Å². The van der Waals surface area contributed by atoms with Crippen LogP contribution in [0.2, 0.25) is 0 Å². The van der Waals surface area contributed by atoms with Crippen molar-refractivity contribution in [1.82, 2.24) is 0 Å². The number of nitrogens with zero attached hydrogens (tertiary/aromatic N) is 1. The van der Waals surface area contributed by atoms with Crippen LogP contribution in [0.5, 0.6) is 5.75 Å². The van der Waals surface area contributed by atoms with E-state index in [9.17, 15) is 0 Å². The first-order chi connectivity index (χ1) is 10.8. The normalized spacial score (nSPS) is 15.6. The maximum atomic E-state index is 8.49. The fraction of sp³-hybridized carbons (Fsp3) is 0.400. The van der Waals surface area contributed by atoms with Crippen molar-refractivity contribution in [3.8, 4) is 5.75 Å². The Morgan fingerprint density at radius 1 is 1.09 bits per heavy atom. The Morgan fingerprint density at radius 3 is 2.09 bits per heavy atom. The average molecular weight is 364 g/mol. The lowest BCUT2D eigenvalue weighted by Gasteiger charge is -2.17. The molecule has 0 radical (unpaired) electrons. The molecule has 1 fully saturated rings. The number of allylic oxidation sites excluding steroid dienone is 1. The van der Waals surface area contributed by atoms with Gasteiger partial charge in [-0.1, -0.05) is 11.6 Å². The fourth-order valence-electron chi connectivity index (χ4n) is 2.08. The zero-order valence-corrected chi connectivity index (χ0v) is 14.3. The molecule has 1 heterocycles. The first kappa shape index (κ1) is 19.9. The van der Waals surface area contributed by atoms with Crippen molar-refractivity contribution >= 4 is 22.8 Å². The second kappa shape index (κ2) is 9.87. The molecule has 0 bridgehead atoms. The van der Waals surface area contributed by atoms with Crippen LogP contribution in [-0.4, -0.2) is 31.0 Å². The van der Waals surface area contributed by atoms with Gasteiger partial charge in [-0.3, -0.25) is 0 Å². The summed E-state index contributed by atoms with van der Waals surface area (Å²) in [5.74, 6) is 0.850. The highest BCUT2D eigenvalue weighted by Crippen LogP contribution is 2.21. The predicted octanol–water partition coefficient (Wildman–Crippen LogP) is -1.21. The van der Waals surface area contributed by atoms with Crippen molar-refractivity contribution < 1.29 is 38.2 Å². The highest BCUT2D eigenvalue weighted by atomic mass is 35.7. The second-order valence-electron chi connectivity index (χ2n) is 4.87. The van der Waals surface area contributed by atoms with Crippen LogP contribution in [-0.2, 0) is 0 Å². The number of hydrogen-bond donors (Lipinski definition) is 0. The molecule has 1 saturated heterocycles. The van der Waals surface area contributed by atoms with Gasteiger partial charge in [-0.05, 0) is 36.2 Å². The van der Waals surface area contributed by atoms with E-state index in [4.69, 9.17) is 35.0 Å². The molecule has 1 aliphatic rings. The van der Waals surface area contributed by atoms with Gasteiger partial charge in [0.25, 0.3) is 0 Å². The van der Waals surface area contributed by atoms with E-state index in [2.05, 4.69) is 10.8 Å². The van der Waals surface area contributed by atoms with Gasteiger partial charge in [-0.2, -0.15) is 0 Å². The largest absolute Gasteiger partial charge is 0.497 e. The molecule has 0 spiro atoms. The third-order valence-corrected chi connectivity index (χ3v) is 3.53. The van der Waals surface area contributed by atoms with E-state index in [1.54, 1.807) is 7.11 Å². The minimum absolute atomic E-state index is 0.767. The number of hydrogen-bond acceptors (Lipinski definition) is 5. The van der Waals surface area contributed by atoms with Gasteiger partial charge in [0.1, 0.15) is 18.8 Å². The zero-order chi connectivity index (χ0) is 17.3. The molecule has 0 aromatic heterocycles. The average Bonchev–Trinajstić information content (AvgIpc) is 2.52. The van der Waals surface area contributed by atoms with E-state index in [-0.39, 0.29) is 0 Å². The van der Waals surface area contributed by atoms with Crippen LogP contribution >= 0.6 is 11.6 Å². The molecule has 23 heavy (non-hydrogen) atoms. The summed E-state index contributed by atoms with van der Waals surface area (Å²) in [5.41, 5.74) is 1.02. The minimum atomic E-state index is -4.94. The zero-order valence-electron chi connectivity index (χ0n) is 12.7. The molecule has 2 rings (SSSR count). The van der Waals surface area contributed by atoms with Crippen LogP contribution in [0.25, 0.3) is 5.03 Å². The van der Waals surface area contributed by atoms with E-state index in [1.165, 1.54) is 19.3 Å². The van der Waals surface area contributed by atoms with Gasteiger partial charge in [-0.25, -0.2) is 23.2 Å². The standard InChI is InChI=1S/C15H19ClNO.ClHO4/c1-18-14-7-5-13(6-8-14)15(16)9-12-17-10-3-2-4-11-17;2-1(3,4)5/h5-9,12H,2-4,10-11H2,1H3;(H,2,3,4,5)/q+1;/p-1/b15-9-;. The maximum absolute atomic E-state index is 8.49. The number of ether oxygens (including phenoxy) is 1. The smallest absolute Gasteiger partial charge is 0.164 e. The number of piperidine rings is 1. The molecule has 0 unspecified atom stereocenters. The number of halogens is 2. The number of rotatable bonds is 3. The van der Waals surface area contributed by atoms with Gasteiger partial charge in [0.2, 0.25) is 0 Å². The van der Waals surface area contributed by atoms with Gasteiger partial charge in [0.05, 0.1) is 12.1 Å². The Hall–Kier alpha value is -1.15. The Labute approximate surface area is 142 Å². The molecule has 8 heteroatoms. The lowest BCUT2D eigenvalue weighted by atomic mass is 10.1. The van der Waals surface area contributed by atoms with Crippen LogP contribution in [0.4, 0.5) is 0 Å².